The Morgan fingerprint density at radius 2 is 2.23 bits per heavy atom. The highest BCUT2D eigenvalue weighted by Crippen LogP contribution is 2.32. The molecule has 2 amide bonds. The van der Waals surface area contributed by atoms with Crippen LogP contribution in [0.1, 0.15) is 0 Å². The van der Waals surface area contributed by atoms with Crippen LogP contribution in [-0.4, -0.2) is 41.5 Å². The molecule has 0 spiro atoms. The highest BCUT2D eigenvalue weighted by Gasteiger charge is 2.34. The SMILES string of the molecule is O=C(NC[C@H]1CN(c2ccc(-c3cccnc3O)cc2F)C(=O)O1)Oc1ccc(Cl)s1. The molecule has 0 unspecified atom stereocenters. The van der Waals surface area contributed by atoms with Crippen molar-refractivity contribution in [2.75, 3.05) is 18.0 Å². The number of benzene rings is 1. The second-order valence-electron chi connectivity index (χ2n) is 6.49. The average molecular weight is 464 g/mol. The van der Waals surface area contributed by atoms with E-state index in [4.69, 9.17) is 21.1 Å². The number of hydrogen-bond acceptors (Lipinski definition) is 7. The number of hydrogen-bond donors (Lipinski definition) is 2. The summed E-state index contributed by atoms with van der Waals surface area (Å²) >= 11 is 6.88. The Hall–Kier alpha value is -3.37. The Morgan fingerprint density at radius 3 is 2.94 bits per heavy atom. The first kappa shape index (κ1) is 20.9. The minimum Gasteiger partial charge on any atom is -0.493 e. The quantitative estimate of drug-likeness (QED) is 0.580. The lowest BCUT2D eigenvalue weighted by Gasteiger charge is -2.15. The number of anilines is 1. The zero-order chi connectivity index (χ0) is 22.0. The Kier molecular flexibility index (Phi) is 5.92. The van der Waals surface area contributed by atoms with E-state index in [9.17, 15) is 19.1 Å². The van der Waals surface area contributed by atoms with Gasteiger partial charge in [-0.15, -0.1) is 0 Å². The summed E-state index contributed by atoms with van der Waals surface area (Å²) in [6.45, 7) is 0.0296. The monoisotopic (exact) mass is 463 g/mol. The summed E-state index contributed by atoms with van der Waals surface area (Å²) in [5.41, 5.74) is 0.800. The third kappa shape index (κ3) is 4.70. The molecule has 1 atom stereocenters. The van der Waals surface area contributed by atoms with Gasteiger partial charge in [-0.2, -0.15) is 0 Å². The van der Waals surface area contributed by atoms with Gasteiger partial charge in [0, 0.05) is 11.8 Å². The third-order valence-corrected chi connectivity index (χ3v) is 5.54. The van der Waals surface area contributed by atoms with Crippen LogP contribution in [0.3, 0.4) is 0 Å². The average Bonchev–Trinajstić information content (AvgIpc) is 3.31. The van der Waals surface area contributed by atoms with Gasteiger partial charge in [0.1, 0.15) is 11.9 Å². The molecule has 3 heterocycles. The van der Waals surface area contributed by atoms with E-state index < -0.39 is 24.1 Å². The summed E-state index contributed by atoms with van der Waals surface area (Å²) in [7, 11) is 0. The molecule has 2 aromatic heterocycles. The molecule has 2 N–H and O–H groups in total. The lowest BCUT2D eigenvalue weighted by atomic mass is 10.1. The molecule has 1 fully saturated rings. The largest absolute Gasteiger partial charge is 0.493 e. The number of ether oxygens (including phenoxy) is 2. The van der Waals surface area contributed by atoms with E-state index in [-0.39, 0.29) is 24.7 Å². The second kappa shape index (κ2) is 8.78. The molecule has 1 aliphatic heterocycles. The summed E-state index contributed by atoms with van der Waals surface area (Å²) in [6.07, 6.45) is -0.724. The molecule has 4 rings (SSSR count). The van der Waals surface area contributed by atoms with Crippen molar-refractivity contribution in [2.24, 2.45) is 0 Å². The first-order chi connectivity index (χ1) is 14.9. The fourth-order valence-electron chi connectivity index (χ4n) is 3.02. The fourth-order valence-corrected chi connectivity index (χ4v) is 3.89. The number of rotatable bonds is 5. The van der Waals surface area contributed by atoms with Crippen molar-refractivity contribution in [1.82, 2.24) is 10.3 Å². The highest BCUT2D eigenvalue weighted by molar-refractivity contribution is 7.17. The van der Waals surface area contributed by atoms with Gasteiger partial charge < -0.3 is 19.9 Å². The number of halogens is 2. The molecular weight excluding hydrogens is 449 g/mol. The van der Waals surface area contributed by atoms with E-state index in [1.54, 1.807) is 30.3 Å². The van der Waals surface area contributed by atoms with Crippen LogP contribution in [0.4, 0.5) is 19.7 Å². The van der Waals surface area contributed by atoms with E-state index in [0.29, 0.717) is 20.5 Å². The van der Waals surface area contributed by atoms with Gasteiger partial charge in [-0.3, -0.25) is 4.90 Å². The first-order valence-corrected chi connectivity index (χ1v) is 10.2. The minimum atomic E-state index is -0.735. The normalized spacial score (nSPS) is 15.6. The first-order valence-electron chi connectivity index (χ1n) is 9.04. The van der Waals surface area contributed by atoms with Crippen LogP contribution in [0.25, 0.3) is 11.1 Å². The fraction of sp³-hybridized carbons (Fsp3) is 0.150. The van der Waals surface area contributed by atoms with Gasteiger partial charge >= 0.3 is 12.2 Å². The number of carbonyl (C=O) groups excluding carboxylic acids is 2. The Bertz CT molecular complexity index is 1140. The van der Waals surface area contributed by atoms with Crippen LogP contribution < -0.4 is 15.0 Å². The number of nitrogens with one attached hydrogen (secondary N) is 1. The Labute approximate surface area is 184 Å². The molecule has 3 aromatic rings. The standard InChI is InChI=1S/C20H15ClFN3O5S/c21-16-5-6-17(31-16)30-19(27)24-9-12-10-25(20(28)29-12)15-4-3-11(8-14(15)22)13-2-1-7-23-18(13)26/h1-8,12H,9-10H2,(H,23,26)(H,24,27)/t12-/m0/s1. The predicted octanol–water partition coefficient (Wildman–Crippen LogP) is 4.42. The minimum absolute atomic E-state index is 0.0105. The van der Waals surface area contributed by atoms with Crippen LogP contribution >= 0.6 is 22.9 Å². The van der Waals surface area contributed by atoms with Crippen molar-refractivity contribution in [1.29, 1.82) is 0 Å². The number of carbonyl (C=O) groups is 2. The van der Waals surface area contributed by atoms with Crippen LogP contribution in [0.15, 0.2) is 48.7 Å². The molecule has 31 heavy (non-hydrogen) atoms. The zero-order valence-electron chi connectivity index (χ0n) is 15.7. The molecule has 1 saturated heterocycles. The topological polar surface area (TPSA) is 101 Å². The van der Waals surface area contributed by atoms with E-state index in [1.807, 2.05) is 0 Å². The van der Waals surface area contributed by atoms with Gasteiger partial charge in [0.15, 0.2) is 5.06 Å². The maximum absolute atomic E-state index is 14.7. The zero-order valence-corrected chi connectivity index (χ0v) is 17.3. The summed E-state index contributed by atoms with van der Waals surface area (Å²) in [6, 6.07) is 10.6. The molecule has 1 aromatic carbocycles. The van der Waals surface area contributed by atoms with Crippen molar-refractivity contribution in [2.45, 2.75) is 6.10 Å². The highest BCUT2D eigenvalue weighted by atomic mass is 35.5. The van der Waals surface area contributed by atoms with Crippen molar-refractivity contribution in [3.05, 3.63) is 58.8 Å². The molecule has 0 aliphatic carbocycles. The number of aromatic hydroxyl groups is 1. The molecular formula is C20H15ClFN3O5S. The van der Waals surface area contributed by atoms with Crippen molar-refractivity contribution < 1.29 is 28.6 Å². The van der Waals surface area contributed by atoms with Gasteiger partial charge in [0.25, 0.3) is 0 Å². The van der Waals surface area contributed by atoms with Crippen molar-refractivity contribution >= 4 is 40.8 Å². The Morgan fingerprint density at radius 1 is 1.39 bits per heavy atom. The number of nitrogens with zero attached hydrogens (tertiary/aromatic N) is 2. The van der Waals surface area contributed by atoms with E-state index in [0.717, 1.165) is 16.2 Å². The predicted molar refractivity (Wildman–Crippen MR) is 112 cm³/mol. The van der Waals surface area contributed by atoms with E-state index in [1.165, 1.54) is 18.3 Å². The maximum Gasteiger partial charge on any atom is 0.414 e. The molecule has 160 valence electrons. The van der Waals surface area contributed by atoms with Gasteiger partial charge in [-0.25, -0.2) is 19.0 Å². The van der Waals surface area contributed by atoms with Gasteiger partial charge in [-0.05, 0) is 42.0 Å². The summed E-state index contributed by atoms with van der Waals surface area (Å²) < 4.78 is 25.5. The molecule has 8 nitrogen and oxygen atoms in total. The van der Waals surface area contributed by atoms with Crippen LogP contribution in [0.5, 0.6) is 10.9 Å². The van der Waals surface area contributed by atoms with Crippen LogP contribution in [0, 0.1) is 5.82 Å². The smallest absolute Gasteiger partial charge is 0.414 e. The van der Waals surface area contributed by atoms with Crippen molar-refractivity contribution in [3.8, 4) is 22.1 Å². The summed E-state index contributed by atoms with van der Waals surface area (Å²) in [5, 5.41) is 12.7. The Balaban J connectivity index is 1.39. The van der Waals surface area contributed by atoms with Crippen molar-refractivity contribution in [3.63, 3.8) is 0 Å². The number of amides is 2. The van der Waals surface area contributed by atoms with E-state index in [2.05, 4.69) is 10.3 Å². The van der Waals surface area contributed by atoms with Gasteiger partial charge in [-0.1, -0.05) is 29.0 Å². The number of cyclic esters (lactones) is 1. The molecule has 0 saturated carbocycles. The van der Waals surface area contributed by atoms with E-state index >= 15 is 0 Å². The molecule has 0 radical (unpaired) electrons. The van der Waals surface area contributed by atoms with Gasteiger partial charge in [0.2, 0.25) is 5.88 Å². The molecule has 0 bridgehead atoms. The second-order valence-corrected chi connectivity index (χ2v) is 8.16. The lowest BCUT2D eigenvalue weighted by Crippen LogP contribution is -2.36. The number of pyridine rings is 1. The third-order valence-electron chi connectivity index (χ3n) is 4.43. The molecule has 1 aliphatic rings. The summed E-state index contributed by atoms with van der Waals surface area (Å²) in [4.78, 5) is 29.0. The summed E-state index contributed by atoms with van der Waals surface area (Å²) in [5.74, 6) is -0.890. The lowest BCUT2D eigenvalue weighted by molar-refractivity contribution is 0.137. The number of thiophene rings is 1. The van der Waals surface area contributed by atoms with Crippen LogP contribution in [0.2, 0.25) is 4.34 Å². The molecule has 11 heteroatoms. The van der Waals surface area contributed by atoms with Gasteiger partial charge in [0.05, 0.1) is 23.1 Å². The maximum atomic E-state index is 14.7. The van der Waals surface area contributed by atoms with Crippen LogP contribution in [-0.2, 0) is 4.74 Å². The number of aromatic nitrogens is 1.